The molecule has 0 aliphatic carbocycles. The molecule has 1 aliphatic heterocycles. The van der Waals surface area contributed by atoms with Gasteiger partial charge >= 0.3 is 0 Å². The number of pyridine rings is 1. The summed E-state index contributed by atoms with van der Waals surface area (Å²) in [7, 11) is 1.60. The molecule has 136 valence electrons. The first kappa shape index (κ1) is 18.5. The van der Waals surface area contributed by atoms with Gasteiger partial charge in [0.1, 0.15) is 5.75 Å². The van der Waals surface area contributed by atoms with Crippen molar-refractivity contribution in [2.45, 2.75) is 30.0 Å². The van der Waals surface area contributed by atoms with E-state index in [0.29, 0.717) is 11.1 Å². The Morgan fingerprint density at radius 2 is 1.73 bits per heavy atom. The van der Waals surface area contributed by atoms with Gasteiger partial charge in [-0.2, -0.15) is 0 Å². The van der Waals surface area contributed by atoms with Crippen LogP contribution >= 0.6 is 11.8 Å². The van der Waals surface area contributed by atoms with Crippen molar-refractivity contribution >= 4 is 23.5 Å². The Morgan fingerprint density at radius 3 is 2.31 bits per heavy atom. The smallest absolute Gasteiger partial charge is 0.255 e. The number of ketones is 1. The first-order valence-electron chi connectivity index (χ1n) is 8.69. The van der Waals surface area contributed by atoms with Crippen LogP contribution in [0.2, 0.25) is 0 Å². The molecular formula is C20H22N2O3S. The zero-order valence-corrected chi connectivity index (χ0v) is 15.8. The van der Waals surface area contributed by atoms with Crippen molar-refractivity contribution in [3.05, 3.63) is 53.7 Å². The van der Waals surface area contributed by atoms with Crippen molar-refractivity contribution in [2.24, 2.45) is 0 Å². The summed E-state index contributed by atoms with van der Waals surface area (Å²) in [6.07, 6.45) is 3.74. The van der Waals surface area contributed by atoms with Gasteiger partial charge in [-0.25, -0.2) is 4.98 Å². The fourth-order valence-electron chi connectivity index (χ4n) is 2.90. The predicted molar refractivity (Wildman–Crippen MR) is 102 cm³/mol. The van der Waals surface area contributed by atoms with Crippen LogP contribution in [0.4, 0.5) is 0 Å². The van der Waals surface area contributed by atoms with E-state index in [4.69, 9.17) is 4.74 Å². The summed E-state index contributed by atoms with van der Waals surface area (Å²) in [6.45, 7) is 3.51. The number of aromatic nitrogens is 1. The largest absolute Gasteiger partial charge is 0.497 e. The number of likely N-dealkylation sites (tertiary alicyclic amines) is 1. The zero-order valence-electron chi connectivity index (χ0n) is 15.0. The summed E-state index contributed by atoms with van der Waals surface area (Å²) in [4.78, 5) is 31.1. The molecule has 1 aromatic heterocycles. The van der Waals surface area contributed by atoms with Crippen LogP contribution in [0.1, 0.15) is 40.5 Å². The monoisotopic (exact) mass is 370 g/mol. The van der Waals surface area contributed by atoms with E-state index in [2.05, 4.69) is 4.98 Å². The molecule has 2 aromatic rings. The number of carbonyl (C=O) groups excluding carboxylic acids is 2. The number of methoxy groups -OCH3 is 1. The van der Waals surface area contributed by atoms with Crippen LogP contribution in [0.25, 0.3) is 0 Å². The minimum Gasteiger partial charge on any atom is -0.497 e. The molecule has 0 bridgehead atoms. The van der Waals surface area contributed by atoms with E-state index in [1.807, 2.05) is 17.9 Å². The Balaban J connectivity index is 1.62. The molecule has 6 heteroatoms. The minimum atomic E-state index is -0.268. The summed E-state index contributed by atoms with van der Waals surface area (Å²) >= 11 is 1.39. The van der Waals surface area contributed by atoms with Crippen LogP contribution in [-0.2, 0) is 0 Å². The van der Waals surface area contributed by atoms with Gasteiger partial charge in [0.05, 0.1) is 22.9 Å². The lowest BCUT2D eigenvalue weighted by atomic mass is 10.1. The van der Waals surface area contributed by atoms with Gasteiger partial charge in [-0.05, 0) is 56.2 Å². The van der Waals surface area contributed by atoms with E-state index in [9.17, 15) is 9.59 Å². The molecule has 1 saturated heterocycles. The SMILES string of the molecule is COc1ccc(C(=O)C(C)Sc2ccc(C(=O)N3CCCC3)cn2)cc1. The molecule has 0 saturated carbocycles. The topological polar surface area (TPSA) is 59.5 Å². The van der Waals surface area contributed by atoms with Gasteiger partial charge in [-0.1, -0.05) is 11.8 Å². The maximum atomic E-state index is 12.5. The average molecular weight is 370 g/mol. The highest BCUT2D eigenvalue weighted by Crippen LogP contribution is 2.25. The number of nitrogens with zero attached hydrogens (tertiary/aromatic N) is 2. The van der Waals surface area contributed by atoms with Crippen LogP contribution in [0.15, 0.2) is 47.6 Å². The average Bonchev–Trinajstić information content (AvgIpc) is 3.22. The van der Waals surface area contributed by atoms with E-state index in [1.165, 1.54) is 11.8 Å². The molecule has 5 nitrogen and oxygen atoms in total. The molecule has 1 amide bonds. The summed E-state index contributed by atoms with van der Waals surface area (Å²) in [5.74, 6) is 0.798. The molecule has 1 aromatic carbocycles. The van der Waals surface area contributed by atoms with Crippen molar-refractivity contribution in [1.29, 1.82) is 0 Å². The Labute approximate surface area is 157 Å². The number of carbonyl (C=O) groups is 2. The van der Waals surface area contributed by atoms with Crippen molar-refractivity contribution in [2.75, 3.05) is 20.2 Å². The summed E-state index contributed by atoms with van der Waals surface area (Å²) in [6, 6.07) is 10.7. The molecule has 1 unspecified atom stereocenters. The van der Waals surface area contributed by atoms with Gasteiger partial charge in [-0.15, -0.1) is 0 Å². The second-order valence-corrected chi connectivity index (χ2v) is 7.60. The number of hydrogen-bond acceptors (Lipinski definition) is 5. The van der Waals surface area contributed by atoms with Crippen molar-refractivity contribution in [1.82, 2.24) is 9.88 Å². The number of thioether (sulfide) groups is 1. The van der Waals surface area contributed by atoms with Crippen molar-refractivity contribution in [3.63, 3.8) is 0 Å². The molecule has 0 N–H and O–H groups in total. The van der Waals surface area contributed by atoms with E-state index < -0.39 is 0 Å². The van der Waals surface area contributed by atoms with Crippen LogP contribution in [0, 0.1) is 0 Å². The summed E-state index contributed by atoms with van der Waals surface area (Å²) in [5.41, 5.74) is 1.25. The van der Waals surface area contributed by atoms with E-state index in [1.54, 1.807) is 43.6 Å². The standard InChI is InChI=1S/C20H22N2O3S/c1-14(19(23)15-5-8-17(25-2)9-6-15)26-18-10-7-16(13-21-18)20(24)22-11-3-4-12-22/h5-10,13-14H,3-4,11-12H2,1-2H3. The molecule has 1 atom stereocenters. The number of Topliss-reactive ketones (excluding diaryl/α,β-unsaturated/α-hetero) is 1. The number of amides is 1. The van der Waals surface area contributed by atoms with Gasteiger partial charge in [0.25, 0.3) is 5.91 Å². The number of hydrogen-bond donors (Lipinski definition) is 0. The van der Waals surface area contributed by atoms with Gasteiger partial charge in [-0.3, -0.25) is 9.59 Å². The number of rotatable bonds is 6. The summed E-state index contributed by atoms with van der Waals surface area (Å²) in [5, 5.41) is 0.466. The first-order valence-corrected chi connectivity index (χ1v) is 9.56. The minimum absolute atomic E-state index is 0.0360. The van der Waals surface area contributed by atoms with Gasteiger partial charge in [0.2, 0.25) is 0 Å². The summed E-state index contributed by atoms with van der Waals surface area (Å²) < 4.78 is 5.11. The Morgan fingerprint density at radius 1 is 1.08 bits per heavy atom. The third-order valence-electron chi connectivity index (χ3n) is 4.42. The highest BCUT2D eigenvalue weighted by molar-refractivity contribution is 8.00. The van der Waals surface area contributed by atoms with E-state index >= 15 is 0 Å². The van der Waals surface area contributed by atoms with Gasteiger partial charge in [0.15, 0.2) is 5.78 Å². The highest BCUT2D eigenvalue weighted by atomic mass is 32.2. The zero-order chi connectivity index (χ0) is 18.5. The third-order valence-corrected chi connectivity index (χ3v) is 5.47. The molecule has 0 spiro atoms. The number of benzene rings is 1. The second-order valence-electron chi connectivity index (χ2n) is 6.24. The van der Waals surface area contributed by atoms with E-state index in [-0.39, 0.29) is 16.9 Å². The maximum Gasteiger partial charge on any atom is 0.255 e. The van der Waals surface area contributed by atoms with Crippen molar-refractivity contribution < 1.29 is 14.3 Å². The molecule has 0 radical (unpaired) electrons. The quantitative estimate of drug-likeness (QED) is 0.573. The number of ether oxygens (including phenoxy) is 1. The molecule has 26 heavy (non-hydrogen) atoms. The molecule has 2 heterocycles. The highest BCUT2D eigenvalue weighted by Gasteiger charge is 2.21. The van der Waals surface area contributed by atoms with Crippen LogP contribution in [0.3, 0.4) is 0 Å². The molecule has 1 fully saturated rings. The predicted octanol–water partition coefficient (Wildman–Crippen LogP) is 3.69. The van der Waals surface area contributed by atoms with Gasteiger partial charge < -0.3 is 9.64 Å². The third kappa shape index (κ3) is 4.25. The Kier molecular flexibility index (Phi) is 5.93. The fourth-order valence-corrected chi connectivity index (χ4v) is 3.77. The lowest BCUT2D eigenvalue weighted by Crippen LogP contribution is -2.27. The first-order chi connectivity index (χ1) is 12.6. The lowest BCUT2D eigenvalue weighted by molar-refractivity contribution is 0.0792. The molecule has 3 rings (SSSR count). The Bertz CT molecular complexity index is 769. The lowest BCUT2D eigenvalue weighted by Gasteiger charge is -2.15. The van der Waals surface area contributed by atoms with Crippen LogP contribution in [0.5, 0.6) is 5.75 Å². The van der Waals surface area contributed by atoms with Crippen molar-refractivity contribution in [3.8, 4) is 5.75 Å². The maximum absolute atomic E-state index is 12.5. The molecular weight excluding hydrogens is 348 g/mol. The van der Waals surface area contributed by atoms with Crippen LogP contribution in [-0.4, -0.2) is 47.0 Å². The second kappa shape index (κ2) is 8.36. The Hall–Kier alpha value is -2.34. The fraction of sp³-hybridized carbons (Fsp3) is 0.350. The molecule has 1 aliphatic rings. The van der Waals surface area contributed by atoms with Crippen LogP contribution < -0.4 is 4.74 Å². The normalized spacial score (nSPS) is 14.9. The van der Waals surface area contributed by atoms with E-state index in [0.717, 1.165) is 36.7 Å². The van der Waals surface area contributed by atoms with Gasteiger partial charge in [0, 0.05) is 24.8 Å².